The highest BCUT2D eigenvalue weighted by Crippen LogP contribution is 2.27. The van der Waals surface area contributed by atoms with E-state index in [1.54, 1.807) is 30.6 Å². The molecular formula is C21H26N4O3S. The van der Waals surface area contributed by atoms with Crippen LogP contribution in [0, 0.1) is 11.8 Å². The van der Waals surface area contributed by atoms with Crippen molar-refractivity contribution in [2.24, 2.45) is 11.8 Å². The molecule has 0 unspecified atom stereocenters. The van der Waals surface area contributed by atoms with Crippen LogP contribution in [0.2, 0.25) is 0 Å². The Bertz CT molecular complexity index is 867. The van der Waals surface area contributed by atoms with Crippen molar-refractivity contribution in [1.29, 1.82) is 0 Å². The van der Waals surface area contributed by atoms with E-state index < -0.39 is 5.97 Å². The van der Waals surface area contributed by atoms with Crippen molar-refractivity contribution in [1.82, 2.24) is 9.97 Å². The largest absolute Gasteiger partial charge is 0.465 e. The fraction of sp³-hybridized carbons (Fsp3) is 0.429. The monoisotopic (exact) mass is 414 g/mol. The maximum absolute atomic E-state index is 12.3. The molecule has 1 aliphatic heterocycles. The number of amides is 1. The van der Waals surface area contributed by atoms with Gasteiger partial charge >= 0.3 is 5.97 Å². The summed E-state index contributed by atoms with van der Waals surface area (Å²) in [7, 11) is 1.32. The van der Waals surface area contributed by atoms with E-state index in [0.717, 1.165) is 23.9 Å². The molecular weight excluding hydrogens is 388 g/mol. The number of methoxy groups -OCH3 is 1. The van der Waals surface area contributed by atoms with Gasteiger partial charge < -0.3 is 15.0 Å². The van der Waals surface area contributed by atoms with Crippen LogP contribution in [0.1, 0.15) is 30.6 Å². The Morgan fingerprint density at radius 3 is 2.69 bits per heavy atom. The topological polar surface area (TPSA) is 84.4 Å². The minimum absolute atomic E-state index is 0.169. The fourth-order valence-corrected chi connectivity index (χ4v) is 4.27. The van der Waals surface area contributed by atoms with Crippen LogP contribution in [-0.4, -0.2) is 47.8 Å². The van der Waals surface area contributed by atoms with E-state index >= 15 is 0 Å². The Morgan fingerprint density at radius 1 is 1.21 bits per heavy atom. The van der Waals surface area contributed by atoms with E-state index in [4.69, 9.17) is 4.74 Å². The van der Waals surface area contributed by atoms with E-state index in [9.17, 15) is 9.59 Å². The summed E-state index contributed by atoms with van der Waals surface area (Å²) in [6, 6.07) is 8.61. The fourth-order valence-electron chi connectivity index (χ4n) is 3.61. The second-order valence-corrected chi connectivity index (χ2v) is 8.47. The van der Waals surface area contributed by atoms with E-state index in [1.165, 1.54) is 25.3 Å². The van der Waals surface area contributed by atoms with E-state index in [1.807, 2.05) is 6.07 Å². The molecule has 29 heavy (non-hydrogen) atoms. The molecule has 1 amide bonds. The number of nitrogens with one attached hydrogen (secondary N) is 1. The van der Waals surface area contributed by atoms with Crippen LogP contribution in [0.5, 0.6) is 0 Å². The number of ether oxygens (including phenoxy) is 1. The molecule has 1 fully saturated rings. The molecule has 1 aliphatic rings. The zero-order valence-corrected chi connectivity index (χ0v) is 17.7. The molecule has 7 nitrogen and oxygen atoms in total. The van der Waals surface area contributed by atoms with Gasteiger partial charge in [-0.25, -0.2) is 14.8 Å². The second kappa shape index (κ2) is 9.73. The van der Waals surface area contributed by atoms with Crippen molar-refractivity contribution in [3.05, 3.63) is 42.2 Å². The van der Waals surface area contributed by atoms with Gasteiger partial charge in [0.05, 0.1) is 18.4 Å². The van der Waals surface area contributed by atoms with Crippen molar-refractivity contribution in [2.75, 3.05) is 36.2 Å². The molecule has 1 saturated heterocycles. The van der Waals surface area contributed by atoms with Gasteiger partial charge in [-0.2, -0.15) is 0 Å². The van der Waals surface area contributed by atoms with Crippen LogP contribution in [0.25, 0.3) is 0 Å². The van der Waals surface area contributed by atoms with Crippen LogP contribution >= 0.6 is 11.8 Å². The molecule has 2 atom stereocenters. The smallest absolute Gasteiger partial charge is 0.337 e. The summed E-state index contributed by atoms with van der Waals surface area (Å²) in [4.78, 5) is 34.9. The number of piperidine rings is 1. The summed E-state index contributed by atoms with van der Waals surface area (Å²) < 4.78 is 4.70. The van der Waals surface area contributed by atoms with Crippen LogP contribution in [0.3, 0.4) is 0 Å². The van der Waals surface area contributed by atoms with Crippen molar-refractivity contribution < 1.29 is 14.3 Å². The van der Waals surface area contributed by atoms with Gasteiger partial charge in [0.2, 0.25) is 5.91 Å². The SMILES string of the molecule is COC(=O)c1cccc(NC(=O)CSc2cc(N3C[C@H](C)C[C@@H](C)C3)ncn2)c1. The van der Waals surface area contributed by atoms with E-state index in [2.05, 4.69) is 34.0 Å². The van der Waals surface area contributed by atoms with Crippen molar-refractivity contribution in [3.8, 4) is 0 Å². The molecule has 8 heteroatoms. The molecule has 3 rings (SSSR count). The standard InChI is InChI=1S/C21H26N4O3S/c1-14-7-15(2)11-25(10-14)18-9-20(23-13-22-18)29-12-19(26)24-17-6-4-5-16(8-17)21(27)28-3/h4-6,8-9,13-15H,7,10-12H2,1-3H3,(H,24,26)/t14-,15-/m1/s1. The van der Waals surface area contributed by atoms with Crippen LogP contribution < -0.4 is 10.2 Å². The van der Waals surface area contributed by atoms with Crippen molar-refractivity contribution in [3.63, 3.8) is 0 Å². The van der Waals surface area contributed by atoms with Gasteiger partial charge in [-0.3, -0.25) is 4.79 Å². The lowest BCUT2D eigenvalue weighted by Crippen LogP contribution is -2.39. The first-order chi connectivity index (χ1) is 13.9. The number of benzene rings is 1. The summed E-state index contributed by atoms with van der Waals surface area (Å²) >= 11 is 1.36. The number of esters is 1. The lowest BCUT2D eigenvalue weighted by molar-refractivity contribution is -0.113. The Balaban J connectivity index is 1.57. The van der Waals surface area contributed by atoms with Gasteiger partial charge in [0.25, 0.3) is 0 Å². The number of rotatable bonds is 6. The number of hydrogen-bond acceptors (Lipinski definition) is 7. The quantitative estimate of drug-likeness (QED) is 0.440. The number of anilines is 2. The van der Waals surface area contributed by atoms with Gasteiger partial charge in [-0.15, -0.1) is 0 Å². The first-order valence-electron chi connectivity index (χ1n) is 9.62. The molecule has 0 aliphatic carbocycles. The van der Waals surface area contributed by atoms with Crippen LogP contribution in [0.15, 0.2) is 41.7 Å². The minimum Gasteiger partial charge on any atom is -0.465 e. The minimum atomic E-state index is -0.440. The molecule has 0 spiro atoms. The van der Waals surface area contributed by atoms with Crippen LogP contribution in [-0.2, 0) is 9.53 Å². The predicted octanol–water partition coefficient (Wildman–Crippen LogP) is 3.48. The average Bonchev–Trinajstić information content (AvgIpc) is 2.71. The van der Waals surface area contributed by atoms with Gasteiger partial charge in [0.1, 0.15) is 17.2 Å². The van der Waals surface area contributed by atoms with E-state index in [-0.39, 0.29) is 11.7 Å². The maximum atomic E-state index is 12.3. The molecule has 0 bridgehead atoms. The summed E-state index contributed by atoms with van der Waals surface area (Å²) in [5.41, 5.74) is 0.946. The molecule has 1 aromatic carbocycles. The molecule has 154 valence electrons. The van der Waals surface area contributed by atoms with Crippen molar-refractivity contribution >= 4 is 35.1 Å². The van der Waals surface area contributed by atoms with E-state index in [0.29, 0.717) is 23.1 Å². The number of carbonyl (C=O) groups is 2. The third-order valence-electron chi connectivity index (χ3n) is 4.74. The Labute approximate surface area is 175 Å². The lowest BCUT2D eigenvalue weighted by Gasteiger charge is -2.35. The zero-order valence-electron chi connectivity index (χ0n) is 16.9. The first-order valence-corrected chi connectivity index (χ1v) is 10.6. The highest BCUT2D eigenvalue weighted by molar-refractivity contribution is 7.99. The summed E-state index contributed by atoms with van der Waals surface area (Å²) in [5.74, 6) is 1.79. The molecule has 2 heterocycles. The van der Waals surface area contributed by atoms with Crippen LogP contribution in [0.4, 0.5) is 11.5 Å². The summed E-state index contributed by atoms with van der Waals surface area (Å²) in [6.07, 6.45) is 2.79. The third kappa shape index (κ3) is 5.93. The maximum Gasteiger partial charge on any atom is 0.337 e. The summed E-state index contributed by atoms with van der Waals surface area (Å²) in [6.45, 7) is 6.50. The Hall–Kier alpha value is -2.61. The number of thioether (sulfide) groups is 1. The summed E-state index contributed by atoms with van der Waals surface area (Å²) in [5, 5.41) is 3.56. The highest BCUT2D eigenvalue weighted by atomic mass is 32.2. The first kappa shape index (κ1) is 21.1. The predicted molar refractivity (Wildman–Crippen MR) is 114 cm³/mol. The van der Waals surface area contributed by atoms with Gasteiger partial charge in [0, 0.05) is 24.8 Å². The van der Waals surface area contributed by atoms with Gasteiger partial charge in [-0.1, -0.05) is 31.7 Å². The highest BCUT2D eigenvalue weighted by Gasteiger charge is 2.23. The number of aromatic nitrogens is 2. The van der Waals surface area contributed by atoms with Crippen molar-refractivity contribution in [2.45, 2.75) is 25.3 Å². The molecule has 2 aromatic rings. The molecule has 0 radical (unpaired) electrons. The lowest BCUT2D eigenvalue weighted by atomic mass is 9.92. The Kier molecular flexibility index (Phi) is 7.09. The van der Waals surface area contributed by atoms with Gasteiger partial charge in [0.15, 0.2) is 0 Å². The van der Waals surface area contributed by atoms with Gasteiger partial charge in [-0.05, 0) is 36.5 Å². The number of carbonyl (C=O) groups excluding carboxylic acids is 2. The molecule has 1 N–H and O–H groups in total. The molecule has 1 aromatic heterocycles. The second-order valence-electron chi connectivity index (χ2n) is 7.47. The Morgan fingerprint density at radius 2 is 1.97 bits per heavy atom. The number of hydrogen-bond donors (Lipinski definition) is 1. The third-order valence-corrected chi connectivity index (χ3v) is 5.66. The normalized spacial score (nSPS) is 18.9. The average molecular weight is 415 g/mol. The number of nitrogens with zero attached hydrogens (tertiary/aromatic N) is 3. The zero-order chi connectivity index (χ0) is 20.8. The molecule has 0 saturated carbocycles.